The van der Waals surface area contributed by atoms with Gasteiger partial charge in [0, 0.05) is 17.1 Å². The van der Waals surface area contributed by atoms with Crippen LogP contribution in [0.2, 0.25) is 0 Å². The number of benzene rings is 1. The van der Waals surface area contributed by atoms with Crippen LogP contribution in [0.25, 0.3) is 22.2 Å². The number of nitrogens with zero attached hydrogens (tertiary/aromatic N) is 3. The monoisotopic (exact) mass is 267 g/mol. The van der Waals surface area contributed by atoms with Crippen molar-refractivity contribution < 1.29 is 4.39 Å². The van der Waals surface area contributed by atoms with Gasteiger partial charge in [-0.2, -0.15) is 10.2 Å². The Hall–Kier alpha value is -2.36. The van der Waals surface area contributed by atoms with Crippen LogP contribution in [0.3, 0.4) is 0 Å². The molecule has 100 valence electrons. The van der Waals surface area contributed by atoms with Gasteiger partial charge in [-0.05, 0) is 36.2 Å². The second-order valence-electron chi connectivity index (χ2n) is 5.03. The molecular formula is C16H14FN3. The van der Waals surface area contributed by atoms with Crippen LogP contribution in [0.4, 0.5) is 4.39 Å². The van der Waals surface area contributed by atoms with E-state index >= 15 is 0 Å². The van der Waals surface area contributed by atoms with E-state index in [1.165, 1.54) is 6.07 Å². The molecule has 4 heteroatoms. The molecule has 2 aromatic heterocycles. The number of pyridine rings is 1. The highest BCUT2D eigenvalue weighted by Crippen LogP contribution is 2.23. The van der Waals surface area contributed by atoms with Gasteiger partial charge in [-0.25, -0.2) is 4.39 Å². The lowest BCUT2D eigenvalue weighted by Crippen LogP contribution is -1.96. The molecule has 3 rings (SSSR count). The van der Waals surface area contributed by atoms with Gasteiger partial charge in [0.1, 0.15) is 5.82 Å². The van der Waals surface area contributed by atoms with Crippen molar-refractivity contribution in [2.75, 3.05) is 0 Å². The van der Waals surface area contributed by atoms with Gasteiger partial charge < -0.3 is 0 Å². The second kappa shape index (κ2) is 4.96. The SMILES string of the molecule is CC(C)c1ccc(-c2cnc3cccc(F)c3c2)nn1. The molecule has 0 atom stereocenters. The van der Waals surface area contributed by atoms with E-state index in [4.69, 9.17) is 0 Å². The van der Waals surface area contributed by atoms with Gasteiger partial charge in [0.05, 0.1) is 16.9 Å². The highest BCUT2D eigenvalue weighted by atomic mass is 19.1. The molecule has 0 aliphatic rings. The summed E-state index contributed by atoms with van der Waals surface area (Å²) in [6.07, 6.45) is 1.70. The zero-order valence-electron chi connectivity index (χ0n) is 11.3. The molecule has 0 fully saturated rings. The Morgan fingerprint density at radius 2 is 1.90 bits per heavy atom. The number of fused-ring (bicyclic) bond motifs is 1. The fourth-order valence-corrected chi connectivity index (χ4v) is 2.06. The van der Waals surface area contributed by atoms with E-state index in [9.17, 15) is 4.39 Å². The number of aromatic nitrogens is 3. The van der Waals surface area contributed by atoms with E-state index < -0.39 is 0 Å². The second-order valence-corrected chi connectivity index (χ2v) is 5.03. The normalized spacial score (nSPS) is 11.2. The summed E-state index contributed by atoms with van der Waals surface area (Å²) in [5, 5.41) is 8.88. The zero-order valence-corrected chi connectivity index (χ0v) is 11.3. The first-order valence-electron chi connectivity index (χ1n) is 6.53. The number of rotatable bonds is 2. The number of hydrogen-bond donors (Lipinski definition) is 0. The molecule has 0 bridgehead atoms. The minimum atomic E-state index is -0.274. The van der Waals surface area contributed by atoms with Crippen molar-refractivity contribution in [1.29, 1.82) is 0 Å². The van der Waals surface area contributed by atoms with Crippen LogP contribution in [0.15, 0.2) is 42.6 Å². The maximum Gasteiger partial charge on any atom is 0.132 e. The lowest BCUT2D eigenvalue weighted by atomic mass is 10.1. The first kappa shape index (κ1) is 12.7. The molecule has 0 N–H and O–H groups in total. The van der Waals surface area contributed by atoms with Crippen molar-refractivity contribution in [3.05, 3.63) is 54.1 Å². The third-order valence-electron chi connectivity index (χ3n) is 3.24. The van der Waals surface area contributed by atoms with E-state index in [1.54, 1.807) is 24.4 Å². The highest BCUT2D eigenvalue weighted by Gasteiger charge is 2.07. The summed E-state index contributed by atoms with van der Waals surface area (Å²) >= 11 is 0. The summed E-state index contributed by atoms with van der Waals surface area (Å²) in [6.45, 7) is 4.13. The van der Waals surface area contributed by atoms with Crippen molar-refractivity contribution in [3.63, 3.8) is 0 Å². The molecule has 0 aliphatic carbocycles. The Morgan fingerprint density at radius 1 is 1.05 bits per heavy atom. The van der Waals surface area contributed by atoms with E-state index in [1.807, 2.05) is 12.1 Å². The van der Waals surface area contributed by atoms with Gasteiger partial charge >= 0.3 is 0 Å². The third kappa shape index (κ3) is 2.25. The molecular weight excluding hydrogens is 253 g/mol. The maximum absolute atomic E-state index is 13.8. The summed E-state index contributed by atoms with van der Waals surface area (Å²) in [5.74, 6) is 0.0623. The largest absolute Gasteiger partial charge is 0.255 e. The summed E-state index contributed by atoms with van der Waals surface area (Å²) < 4.78 is 13.8. The molecule has 1 aromatic carbocycles. The Bertz CT molecular complexity index is 751. The van der Waals surface area contributed by atoms with E-state index in [0.717, 1.165) is 11.3 Å². The van der Waals surface area contributed by atoms with E-state index in [2.05, 4.69) is 29.0 Å². The van der Waals surface area contributed by atoms with Gasteiger partial charge in [-0.1, -0.05) is 19.9 Å². The number of hydrogen-bond acceptors (Lipinski definition) is 3. The zero-order chi connectivity index (χ0) is 14.1. The highest BCUT2D eigenvalue weighted by molar-refractivity contribution is 5.83. The van der Waals surface area contributed by atoms with E-state index in [0.29, 0.717) is 22.5 Å². The molecule has 20 heavy (non-hydrogen) atoms. The molecule has 0 aliphatic heterocycles. The average Bonchev–Trinajstić information content (AvgIpc) is 2.47. The molecule has 3 nitrogen and oxygen atoms in total. The summed E-state index contributed by atoms with van der Waals surface area (Å²) in [6, 6.07) is 10.5. The van der Waals surface area contributed by atoms with Gasteiger partial charge in [0.15, 0.2) is 0 Å². The summed E-state index contributed by atoms with van der Waals surface area (Å²) in [5.41, 5.74) is 3.05. The van der Waals surface area contributed by atoms with Crippen molar-refractivity contribution in [2.45, 2.75) is 19.8 Å². The first-order chi connectivity index (χ1) is 9.65. The van der Waals surface area contributed by atoms with Crippen molar-refractivity contribution in [2.24, 2.45) is 0 Å². The van der Waals surface area contributed by atoms with Crippen LogP contribution >= 0.6 is 0 Å². The van der Waals surface area contributed by atoms with Crippen LogP contribution in [-0.4, -0.2) is 15.2 Å². The first-order valence-corrected chi connectivity index (χ1v) is 6.53. The van der Waals surface area contributed by atoms with E-state index in [-0.39, 0.29) is 5.82 Å². The lowest BCUT2D eigenvalue weighted by Gasteiger charge is -2.05. The Balaban J connectivity index is 2.07. The third-order valence-corrected chi connectivity index (χ3v) is 3.24. The van der Waals surface area contributed by atoms with Crippen molar-refractivity contribution >= 4 is 10.9 Å². The van der Waals surface area contributed by atoms with Gasteiger partial charge in [0.2, 0.25) is 0 Å². The molecule has 0 saturated heterocycles. The molecule has 0 radical (unpaired) electrons. The van der Waals surface area contributed by atoms with Crippen LogP contribution in [0, 0.1) is 5.82 Å². The molecule has 0 saturated carbocycles. The molecule has 0 spiro atoms. The fraction of sp³-hybridized carbons (Fsp3) is 0.188. The van der Waals surface area contributed by atoms with Gasteiger partial charge in [-0.3, -0.25) is 4.98 Å². The van der Waals surface area contributed by atoms with Crippen molar-refractivity contribution in [1.82, 2.24) is 15.2 Å². The molecule has 0 amide bonds. The lowest BCUT2D eigenvalue weighted by molar-refractivity contribution is 0.639. The predicted octanol–water partition coefficient (Wildman–Crippen LogP) is 3.95. The van der Waals surface area contributed by atoms with Crippen LogP contribution in [0.1, 0.15) is 25.5 Å². The molecule has 3 aromatic rings. The topological polar surface area (TPSA) is 38.7 Å². The predicted molar refractivity (Wildman–Crippen MR) is 76.8 cm³/mol. The van der Waals surface area contributed by atoms with Gasteiger partial charge in [-0.15, -0.1) is 0 Å². The fourth-order valence-electron chi connectivity index (χ4n) is 2.06. The molecule has 2 heterocycles. The number of halogens is 1. The Kier molecular flexibility index (Phi) is 3.14. The van der Waals surface area contributed by atoms with Crippen LogP contribution in [-0.2, 0) is 0 Å². The van der Waals surface area contributed by atoms with Crippen LogP contribution in [0.5, 0.6) is 0 Å². The minimum absolute atomic E-state index is 0.274. The summed E-state index contributed by atoms with van der Waals surface area (Å²) in [7, 11) is 0. The molecule has 0 unspecified atom stereocenters. The summed E-state index contributed by atoms with van der Waals surface area (Å²) in [4.78, 5) is 4.27. The van der Waals surface area contributed by atoms with Crippen LogP contribution < -0.4 is 0 Å². The quantitative estimate of drug-likeness (QED) is 0.705. The maximum atomic E-state index is 13.8. The van der Waals surface area contributed by atoms with Gasteiger partial charge in [0.25, 0.3) is 0 Å². The standard InChI is InChI=1S/C16H14FN3/c1-10(2)14-6-7-15(20-19-14)11-8-12-13(17)4-3-5-16(12)18-9-11/h3-10H,1-2H3. The Labute approximate surface area is 116 Å². The van der Waals surface area contributed by atoms with Crippen molar-refractivity contribution in [3.8, 4) is 11.3 Å². The minimum Gasteiger partial charge on any atom is -0.255 e. The smallest absolute Gasteiger partial charge is 0.132 e. The average molecular weight is 267 g/mol. The Morgan fingerprint density at radius 3 is 2.60 bits per heavy atom.